The zero-order chi connectivity index (χ0) is 23.7. The fraction of sp³-hybridized carbons (Fsp3) is 0.120. The number of nitrogens with zero attached hydrogens (tertiary/aromatic N) is 4. The normalized spacial score (nSPS) is 14.6. The number of aryl methyl sites for hydroxylation is 1. The van der Waals surface area contributed by atoms with E-state index in [-0.39, 0.29) is 24.1 Å². The van der Waals surface area contributed by atoms with Gasteiger partial charge in [-0.05, 0) is 42.1 Å². The summed E-state index contributed by atoms with van der Waals surface area (Å²) in [5.41, 5.74) is 4.24. The molecule has 170 valence electrons. The summed E-state index contributed by atoms with van der Waals surface area (Å²) in [6.45, 7) is 1.85. The van der Waals surface area contributed by atoms with Crippen LogP contribution in [-0.4, -0.2) is 35.8 Å². The van der Waals surface area contributed by atoms with Crippen LogP contribution < -0.4 is 15.0 Å². The smallest absolute Gasteiger partial charge is 0.279 e. The van der Waals surface area contributed by atoms with E-state index in [0.29, 0.717) is 21.7 Å². The van der Waals surface area contributed by atoms with Gasteiger partial charge in [0.2, 0.25) is 10.7 Å². The monoisotopic (exact) mass is 487 g/mol. The number of aromatic nitrogens is 1. The number of anilines is 2. The first-order valence-electron chi connectivity index (χ1n) is 10.6. The number of rotatable bonds is 5. The number of nitrogens with one attached hydrogen (secondary N) is 1. The lowest BCUT2D eigenvalue weighted by atomic mass is 10.1. The van der Waals surface area contributed by atoms with Gasteiger partial charge in [-0.1, -0.05) is 36.4 Å². The third-order valence-corrected chi connectivity index (χ3v) is 7.15. The van der Waals surface area contributed by atoms with E-state index in [1.807, 2.05) is 78.3 Å². The first-order valence-corrected chi connectivity index (χ1v) is 12.3. The molecule has 0 bridgehead atoms. The second-order valence-electron chi connectivity index (χ2n) is 7.69. The maximum Gasteiger partial charge on any atom is 0.279 e. The molecular formula is C25H21N5O2S2. The first kappa shape index (κ1) is 22.0. The molecule has 1 aliphatic rings. The predicted octanol–water partition coefficient (Wildman–Crippen LogP) is 4.35. The standard InChI is InChI=1S/C25H21N5O2S2/c1-16-7-5-8-17(13-16)27-22(31)14-29-19-10-4-3-9-18(19)23(24(29)32)28-30-20(15-34-25(30)26-2)21-11-6-12-33-21/h3-13,15H,14H2,1-2H3,(H,27,31). The summed E-state index contributed by atoms with van der Waals surface area (Å²) in [5, 5.41) is 11.6. The summed E-state index contributed by atoms with van der Waals surface area (Å²) in [6.07, 6.45) is 0. The maximum atomic E-state index is 13.5. The molecule has 0 spiro atoms. The van der Waals surface area contributed by atoms with E-state index in [1.165, 1.54) is 16.2 Å². The minimum Gasteiger partial charge on any atom is -0.325 e. The molecule has 1 N–H and O–H groups in total. The third-order valence-electron chi connectivity index (χ3n) is 5.35. The molecule has 2 aromatic heterocycles. The Morgan fingerprint density at radius 1 is 1.06 bits per heavy atom. The highest BCUT2D eigenvalue weighted by Gasteiger charge is 2.35. The fourth-order valence-electron chi connectivity index (χ4n) is 3.82. The van der Waals surface area contributed by atoms with Crippen molar-refractivity contribution in [3.63, 3.8) is 0 Å². The van der Waals surface area contributed by atoms with E-state index >= 15 is 0 Å². The molecule has 0 fully saturated rings. The minimum absolute atomic E-state index is 0.111. The van der Waals surface area contributed by atoms with Crippen LogP contribution in [0.15, 0.2) is 81.5 Å². The second kappa shape index (κ2) is 9.20. The van der Waals surface area contributed by atoms with Gasteiger partial charge < -0.3 is 5.32 Å². The van der Waals surface area contributed by atoms with Gasteiger partial charge in [-0.15, -0.1) is 22.7 Å². The van der Waals surface area contributed by atoms with Crippen molar-refractivity contribution in [2.75, 3.05) is 23.8 Å². The van der Waals surface area contributed by atoms with Crippen molar-refractivity contribution < 1.29 is 9.59 Å². The number of para-hydroxylation sites is 1. The van der Waals surface area contributed by atoms with Crippen LogP contribution in [0.5, 0.6) is 0 Å². The molecule has 3 heterocycles. The van der Waals surface area contributed by atoms with Gasteiger partial charge in [-0.25, -0.2) is 4.68 Å². The van der Waals surface area contributed by atoms with Crippen LogP contribution in [0, 0.1) is 6.92 Å². The highest BCUT2D eigenvalue weighted by molar-refractivity contribution is 7.14. The van der Waals surface area contributed by atoms with Crippen molar-refractivity contribution >= 4 is 51.6 Å². The zero-order valence-electron chi connectivity index (χ0n) is 18.6. The Bertz CT molecular complexity index is 1480. The van der Waals surface area contributed by atoms with Crippen LogP contribution in [-0.2, 0) is 9.59 Å². The van der Waals surface area contributed by atoms with E-state index in [4.69, 9.17) is 5.10 Å². The van der Waals surface area contributed by atoms with E-state index in [0.717, 1.165) is 16.1 Å². The molecule has 2 aromatic carbocycles. The molecule has 1 aliphatic heterocycles. The van der Waals surface area contributed by atoms with Crippen LogP contribution >= 0.6 is 22.7 Å². The molecule has 0 aliphatic carbocycles. The van der Waals surface area contributed by atoms with E-state index in [2.05, 4.69) is 10.3 Å². The Balaban J connectivity index is 1.50. The number of thiophene rings is 1. The molecule has 0 saturated heterocycles. The van der Waals surface area contributed by atoms with Crippen LogP contribution in [0.4, 0.5) is 11.4 Å². The third kappa shape index (κ3) is 4.11. The number of fused-ring (bicyclic) bond motifs is 1. The minimum atomic E-state index is -0.321. The van der Waals surface area contributed by atoms with Gasteiger partial charge in [0, 0.05) is 23.7 Å². The average molecular weight is 488 g/mol. The first-order chi connectivity index (χ1) is 16.5. The topological polar surface area (TPSA) is 79.1 Å². The quantitative estimate of drug-likeness (QED) is 0.454. The van der Waals surface area contributed by atoms with E-state index in [1.54, 1.807) is 23.1 Å². The molecule has 0 saturated carbocycles. The Labute approximate surface area is 204 Å². The largest absolute Gasteiger partial charge is 0.325 e. The molecule has 0 atom stereocenters. The Morgan fingerprint density at radius 3 is 2.68 bits per heavy atom. The number of carbonyl (C=O) groups is 2. The van der Waals surface area contributed by atoms with E-state index < -0.39 is 0 Å². The Hall–Kier alpha value is -3.82. The summed E-state index contributed by atoms with van der Waals surface area (Å²) in [7, 11) is 1.70. The molecule has 4 aromatic rings. The lowest BCUT2D eigenvalue weighted by Crippen LogP contribution is -2.37. The average Bonchev–Trinajstić information content (AvgIpc) is 3.55. The summed E-state index contributed by atoms with van der Waals surface area (Å²) in [6, 6.07) is 18.9. The van der Waals surface area contributed by atoms with Crippen molar-refractivity contribution in [1.82, 2.24) is 4.68 Å². The van der Waals surface area contributed by atoms with Gasteiger partial charge in [0.25, 0.3) is 5.91 Å². The highest BCUT2D eigenvalue weighted by Crippen LogP contribution is 2.30. The van der Waals surface area contributed by atoms with Crippen molar-refractivity contribution in [2.24, 2.45) is 10.1 Å². The van der Waals surface area contributed by atoms with Crippen molar-refractivity contribution in [3.8, 4) is 10.6 Å². The molecule has 5 rings (SSSR count). The molecule has 34 heavy (non-hydrogen) atoms. The number of benzene rings is 2. The van der Waals surface area contributed by atoms with Crippen molar-refractivity contribution in [1.29, 1.82) is 0 Å². The molecular weight excluding hydrogens is 466 g/mol. The Kier molecular flexibility index (Phi) is 5.95. The molecule has 9 heteroatoms. The Morgan fingerprint density at radius 2 is 1.91 bits per heavy atom. The van der Waals surface area contributed by atoms with Crippen LogP contribution in [0.1, 0.15) is 11.1 Å². The second-order valence-corrected chi connectivity index (χ2v) is 9.48. The van der Waals surface area contributed by atoms with Gasteiger partial charge in [-0.2, -0.15) is 5.10 Å². The summed E-state index contributed by atoms with van der Waals surface area (Å²) in [5.74, 6) is -0.597. The van der Waals surface area contributed by atoms with Gasteiger partial charge in [0.15, 0.2) is 5.71 Å². The van der Waals surface area contributed by atoms with Gasteiger partial charge in [0.05, 0.1) is 16.3 Å². The van der Waals surface area contributed by atoms with Gasteiger partial charge in [0.1, 0.15) is 6.54 Å². The van der Waals surface area contributed by atoms with Gasteiger partial charge >= 0.3 is 0 Å². The number of carbonyl (C=O) groups excluding carboxylic acids is 2. The number of hydrogen-bond donors (Lipinski definition) is 1. The zero-order valence-corrected chi connectivity index (χ0v) is 20.2. The SMILES string of the molecule is CN=c1scc(-c2cccs2)n1N=C1C(=O)N(CC(=O)Nc2cccc(C)c2)c2ccccc21. The van der Waals surface area contributed by atoms with Gasteiger partial charge in [-0.3, -0.25) is 19.5 Å². The molecule has 7 nitrogen and oxygen atoms in total. The molecule has 0 unspecified atom stereocenters. The maximum absolute atomic E-state index is 13.5. The summed E-state index contributed by atoms with van der Waals surface area (Å²) >= 11 is 3.06. The number of thiazole rings is 1. The number of amides is 2. The van der Waals surface area contributed by atoms with Crippen LogP contribution in [0.2, 0.25) is 0 Å². The van der Waals surface area contributed by atoms with Crippen LogP contribution in [0.3, 0.4) is 0 Å². The number of hydrogen-bond acceptors (Lipinski definition) is 6. The summed E-state index contributed by atoms with van der Waals surface area (Å²) < 4.78 is 1.71. The van der Waals surface area contributed by atoms with Crippen molar-refractivity contribution in [3.05, 3.63) is 87.4 Å². The molecule has 0 radical (unpaired) electrons. The predicted molar refractivity (Wildman–Crippen MR) is 138 cm³/mol. The van der Waals surface area contributed by atoms with Crippen LogP contribution in [0.25, 0.3) is 10.6 Å². The molecule has 2 amide bonds. The lowest BCUT2D eigenvalue weighted by molar-refractivity contribution is -0.118. The van der Waals surface area contributed by atoms with Crippen molar-refractivity contribution in [2.45, 2.75) is 6.92 Å². The summed E-state index contributed by atoms with van der Waals surface area (Å²) in [4.78, 5) is 33.8. The highest BCUT2D eigenvalue weighted by atomic mass is 32.1. The fourth-order valence-corrected chi connectivity index (χ4v) is 5.41. The lowest BCUT2D eigenvalue weighted by Gasteiger charge is -2.16. The van der Waals surface area contributed by atoms with E-state index in [9.17, 15) is 9.59 Å².